The average Bonchev–Trinajstić information content (AvgIpc) is 2.80. The highest BCUT2D eigenvalue weighted by atomic mass is 19.1. The minimum atomic E-state index is -0.592. The van der Waals surface area contributed by atoms with Gasteiger partial charge in [0, 0.05) is 6.07 Å². The minimum Gasteiger partial charge on any atom is -0.330 e. The molecule has 0 aliphatic heterocycles. The van der Waals surface area contributed by atoms with Crippen molar-refractivity contribution in [2.75, 3.05) is 6.54 Å². The van der Waals surface area contributed by atoms with Crippen molar-refractivity contribution in [1.82, 2.24) is 0 Å². The molecule has 1 fully saturated rings. The van der Waals surface area contributed by atoms with Gasteiger partial charge in [-0.3, -0.25) is 10.1 Å². The fourth-order valence-corrected chi connectivity index (χ4v) is 2.68. The highest BCUT2D eigenvalue weighted by Crippen LogP contribution is 2.64. The van der Waals surface area contributed by atoms with Crippen molar-refractivity contribution in [3.63, 3.8) is 0 Å². The molecule has 5 heteroatoms. The molecule has 0 unspecified atom stereocenters. The van der Waals surface area contributed by atoms with Crippen LogP contribution >= 0.6 is 0 Å². The van der Waals surface area contributed by atoms with Gasteiger partial charge in [-0.05, 0) is 35.4 Å². The number of nitrogens with zero attached hydrogens (tertiary/aromatic N) is 1. The molecule has 0 spiro atoms. The molecule has 1 aliphatic carbocycles. The van der Waals surface area contributed by atoms with E-state index in [0.717, 1.165) is 6.07 Å². The number of nitrogens with two attached hydrogens (primary N) is 1. The predicted molar refractivity (Wildman–Crippen MR) is 62.1 cm³/mol. The highest BCUT2D eigenvalue weighted by molar-refractivity contribution is 5.40. The summed E-state index contributed by atoms with van der Waals surface area (Å²) < 4.78 is 13.8. The molecule has 0 radical (unpaired) electrons. The molecule has 1 aromatic carbocycles. The molecule has 0 amide bonds. The molecular formula is C12H15FN2O2. The number of halogens is 1. The second-order valence-corrected chi connectivity index (χ2v) is 5.10. The summed E-state index contributed by atoms with van der Waals surface area (Å²) in [7, 11) is 0. The summed E-state index contributed by atoms with van der Waals surface area (Å²) in [5.41, 5.74) is 5.94. The molecule has 2 rings (SSSR count). The Morgan fingerprint density at radius 2 is 2.18 bits per heavy atom. The van der Waals surface area contributed by atoms with Crippen LogP contribution in [0.3, 0.4) is 0 Å². The lowest BCUT2D eigenvalue weighted by atomic mass is 10.0. The molecule has 17 heavy (non-hydrogen) atoms. The Hall–Kier alpha value is -1.49. The Morgan fingerprint density at radius 3 is 2.59 bits per heavy atom. The van der Waals surface area contributed by atoms with Crippen LogP contribution in [0.5, 0.6) is 0 Å². The zero-order valence-corrected chi connectivity index (χ0v) is 9.81. The van der Waals surface area contributed by atoms with Crippen LogP contribution in [0.2, 0.25) is 0 Å². The number of nitro benzene ring substituents is 1. The fourth-order valence-electron chi connectivity index (χ4n) is 2.68. The van der Waals surface area contributed by atoms with Crippen LogP contribution in [0.15, 0.2) is 18.2 Å². The summed E-state index contributed by atoms with van der Waals surface area (Å²) in [5, 5.41) is 10.5. The van der Waals surface area contributed by atoms with Crippen molar-refractivity contribution in [3.05, 3.63) is 39.7 Å². The molecule has 2 atom stereocenters. The first-order valence-corrected chi connectivity index (χ1v) is 5.53. The molecule has 2 N–H and O–H groups in total. The van der Waals surface area contributed by atoms with Crippen LogP contribution in [-0.4, -0.2) is 11.5 Å². The smallest absolute Gasteiger partial charge is 0.272 e. The maximum Gasteiger partial charge on any atom is 0.272 e. The zero-order chi connectivity index (χ0) is 12.8. The monoisotopic (exact) mass is 238 g/mol. The maximum absolute atomic E-state index is 13.8. The standard InChI is InChI=1S/C12H15FN2O2/c1-12(2)9(6-14)11(12)8-4-3-7(15(16)17)5-10(8)13/h3-5,9,11H,6,14H2,1-2H3/t9-,11-/m0/s1. The van der Waals surface area contributed by atoms with E-state index in [9.17, 15) is 14.5 Å². The van der Waals surface area contributed by atoms with Gasteiger partial charge in [-0.25, -0.2) is 4.39 Å². The van der Waals surface area contributed by atoms with Crippen molar-refractivity contribution in [2.45, 2.75) is 19.8 Å². The number of nitro groups is 1. The SMILES string of the molecule is CC1(C)[C@@H](CN)[C@@H]1c1ccc([N+](=O)[O-])cc1F. The molecule has 0 heterocycles. The van der Waals surface area contributed by atoms with Crippen molar-refractivity contribution in [3.8, 4) is 0 Å². The number of non-ortho nitro benzene ring substituents is 1. The van der Waals surface area contributed by atoms with Crippen LogP contribution in [0.25, 0.3) is 0 Å². The molecule has 0 saturated heterocycles. The Labute approximate surface area is 98.8 Å². The van der Waals surface area contributed by atoms with Crippen LogP contribution < -0.4 is 5.73 Å². The molecule has 0 aromatic heterocycles. The first kappa shape index (κ1) is 12.0. The molecule has 92 valence electrons. The van der Waals surface area contributed by atoms with Crippen molar-refractivity contribution < 1.29 is 9.31 Å². The first-order chi connectivity index (χ1) is 7.89. The normalized spacial score (nSPS) is 25.6. The van der Waals surface area contributed by atoms with Crippen molar-refractivity contribution in [1.29, 1.82) is 0 Å². The van der Waals surface area contributed by atoms with Gasteiger partial charge in [0.25, 0.3) is 5.69 Å². The van der Waals surface area contributed by atoms with Crippen LogP contribution in [0.4, 0.5) is 10.1 Å². The Balaban J connectivity index is 2.33. The zero-order valence-electron chi connectivity index (χ0n) is 9.81. The van der Waals surface area contributed by atoms with Crippen LogP contribution in [0.1, 0.15) is 25.3 Å². The second kappa shape index (κ2) is 3.77. The van der Waals surface area contributed by atoms with Crippen molar-refractivity contribution >= 4 is 5.69 Å². The van der Waals surface area contributed by atoms with Gasteiger partial charge < -0.3 is 5.73 Å². The van der Waals surface area contributed by atoms with E-state index in [0.29, 0.717) is 12.1 Å². The van der Waals surface area contributed by atoms with E-state index in [4.69, 9.17) is 5.73 Å². The Morgan fingerprint density at radius 1 is 1.53 bits per heavy atom. The molecule has 1 saturated carbocycles. The second-order valence-electron chi connectivity index (χ2n) is 5.10. The van der Waals surface area contributed by atoms with Gasteiger partial charge in [0.1, 0.15) is 5.82 Å². The van der Waals surface area contributed by atoms with Gasteiger partial charge in [-0.1, -0.05) is 13.8 Å². The molecular weight excluding hydrogens is 223 g/mol. The van der Waals surface area contributed by atoms with Crippen LogP contribution in [0, 0.1) is 27.3 Å². The molecule has 1 aromatic rings. The lowest BCUT2D eigenvalue weighted by molar-refractivity contribution is -0.385. The van der Waals surface area contributed by atoms with E-state index < -0.39 is 10.7 Å². The average molecular weight is 238 g/mol. The lowest BCUT2D eigenvalue weighted by Crippen LogP contribution is -2.05. The summed E-state index contributed by atoms with van der Waals surface area (Å²) in [6.07, 6.45) is 0. The third-order valence-corrected chi connectivity index (χ3v) is 3.83. The van der Waals surface area contributed by atoms with Gasteiger partial charge in [0.05, 0.1) is 11.0 Å². The largest absolute Gasteiger partial charge is 0.330 e. The minimum absolute atomic E-state index is 0.0221. The predicted octanol–water partition coefficient (Wildman–Crippen LogP) is 2.43. The Bertz CT molecular complexity index is 474. The van der Waals surface area contributed by atoms with E-state index in [1.165, 1.54) is 12.1 Å². The summed E-state index contributed by atoms with van der Waals surface area (Å²) in [6.45, 7) is 4.58. The van der Waals surface area contributed by atoms with Gasteiger partial charge in [-0.15, -0.1) is 0 Å². The van der Waals surface area contributed by atoms with E-state index in [1.54, 1.807) is 0 Å². The summed E-state index contributed by atoms with van der Waals surface area (Å²) in [4.78, 5) is 9.92. The van der Waals surface area contributed by atoms with E-state index in [-0.39, 0.29) is 22.9 Å². The maximum atomic E-state index is 13.8. The van der Waals surface area contributed by atoms with Crippen LogP contribution in [-0.2, 0) is 0 Å². The molecule has 0 bridgehead atoms. The number of rotatable bonds is 3. The summed E-state index contributed by atoms with van der Waals surface area (Å²) in [5.74, 6) is -0.194. The van der Waals surface area contributed by atoms with Gasteiger partial charge in [0.15, 0.2) is 0 Å². The van der Waals surface area contributed by atoms with E-state index >= 15 is 0 Å². The first-order valence-electron chi connectivity index (χ1n) is 5.53. The Kier molecular flexibility index (Phi) is 2.66. The van der Waals surface area contributed by atoms with Crippen molar-refractivity contribution in [2.24, 2.45) is 17.1 Å². The number of hydrogen-bond donors (Lipinski definition) is 1. The van der Waals surface area contributed by atoms with Gasteiger partial charge in [-0.2, -0.15) is 0 Å². The fraction of sp³-hybridized carbons (Fsp3) is 0.500. The number of hydrogen-bond acceptors (Lipinski definition) is 3. The third kappa shape index (κ3) is 1.80. The quantitative estimate of drug-likeness (QED) is 0.649. The van der Waals surface area contributed by atoms with Gasteiger partial charge >= 0.3 is 0 Å². The van der Waals surface area contributed by atoms with E-state index in [2.05, 4.69) is 0 Å². The lowest BCUT2D eigenvalue weighted by Gasteiger charge is -2.04. The topological polar surface area (TPSA) is 69.2 Å². The highest BCUT2D eigenvalue weighted by Gasteiger charge is 2.58. The molecule has 1 aliphatic rings. The van der Waals surface area contributed by atoms with E-state index in [1.807, 2.05) is 13.8 Å². The van der Waals surface area contributed by atoms with Gasteiger partial charge in [0.2, 0.25) is 0 Å². The number of benzene rings is 1. The molecule has 4 nitrogen and oxygen atoms in total. The summed E-state index contributed by atoms with van der Waals surface area (Å²) >= 11 is 0. The summed E-state index contributed by atoms with van der Waals surface area (Å²) in [6, 6.07) is 3.84. The third-order valence-electron chi connectivity index (χ3n) is 3.83.